The SMILES string of the molecule is C=C([C-]=C(O)C1=C([CH2-])C(=O)CC=N1)C[CH2-].[Y+3]. The molecule has 80 valence electrons. The molecule has 0 aliphatic carbocycles. The van der Waals surface area contributed by atoms with Gasteiger partial charge in [-0.15, -0.1) is 11.6 Å². The molecule has 0 radical (unpaired) electrons. The van der Waals surface area contributed by atoms with Crippen molar-refractivity contribution < 1.29 is 42.6 Å². The molecule has 0 aromatic heterocycles. The fourth-order valence-corrected chi connectivity index (χ4v) is 1.05. The van der Waals surface area contributed by atoms with E-state index in [2.05, 4.69) is 31.5 Å². The first-order chi connectivity index (χ1) is 7.06. The fraction of sp³-hybridized carbons (Fsp3) is 0.167. The Hall–Kier alpha value is -0.666. The third-order valence-corrected chi connectivity index (χ3v) is 1.94. The van der Waals surface area contributed by atoms with Crippen LogP contribution in [-0.2, 0) is 37.5 Å². The Morgan fingerprint density at radius 2 is 2.31 bits per heavy atom. The Balaban J connectivity index is 0.00000225. The van der Waals surface area contributed by atoms with Gasteiger partial charge in [-0.1, -0.05) is 0 Å². The smallest absolute Gasteiger partial charge is 0.532 e. The summed E-state index contributed by atoms with van der Waals surface area (Å²) in [6.07, 6.45) is 4.70. The molecule has 0 unspecified atom stereocenters. The van der Waals surface area contributed by atoms with Gasteiger partial charge in [0.1, 0.15) is 0 Å². The van der Waals surface area contributed by atoms with Gasteiger partial charge in [-0.05, 0) is 18.3 Å². The number of ketones is 1. The van der Waals surface area contributed by atoms with E-state index in [0.29, 0.717) is 12.0 Å². The summed E-state index contributed by atoms with van der Waals surface area (Å²) in [6, 6.07) is 0. The molecule has 16 heavy (non-hydrogen) atoms. The summed E-state index contributed by atoms with van der Waals surface area (Å²) in [7, 11) is 0. The molecule has 1 aliphatic heterocycles. The first kappa shape index (κ1) is 15.3. The molecule has 0 amide bonds. The molecule has 0 aromatic rings. The van der Waals surface area contributed by atoms with E-state index in [1.54, 1.807) is 0 Å². The summed E-state index contributed by atoms with van der Waals surface area (Å²) in [5, 5.41) is 9.62. The molecule has 1 N–H and O–H groups in total. The van der Waals surface area contributed by atoms with Crippen molar-refractivity contribution in [3.05, 3.63) is 49.1 Å². The second kappa shape index (κ2) is 6.82. The van der Waals surface area contributed by atoms with E-state index >= 15 is 0 Å². The number of rotatable bonds is 3. The predicted octanol–water partition coefficient (Wildman–Crippen LogP) is 2.14. The van der Waals surface area contributed by atoms with Crippen LogP contribution in [0.5, 0.6) is 0 Å². The van der Waals surface area contributed by atoms with Gasteiger partial charge in [0.05, 0.1) is 5.78 Å². The molecule has 1 rings (SSSR count). The van der Waals surface area contributed by atoms with Gasteiger partial charge in [-0.3, -0.25) is 0 Å². The van der Waals surface area contributed by atoms with E-state index in [9.17, 15) is 9.90 Å². The van der Waals surface area contributed by atoms with Crippen LogP contribution in [0.1, 0.15) is 12.8 Å². The van der Waals surface area contributed by atoms with Crippen LogP contribution in [-0.4, -0.2) is 17.1 Å². The maximum Gasteiger partial charge on any atom is 3.00 e. The van der Waals surface area contributed by atoms with Crippen LogP contribution in [0.2, 0.25) is 0 Å². The molecule has 0 atom stereocenters. The van der Waals surface area contributed by atoms with Crippen LogP contribution in [0, 0.1) is 19.9 Å². The molecule has 0 bridgehead atoms. The zero-order chi connectivity index (χ0) is 11.4. The van der Waals surface area contributed by atoms with E-state index in [1.165, 1.54) is 6.21 Å². The zero-order valence-corrected chi connectivity index (χ0v) is 11.8. The van der Waals surface area contributed by atoms with Crippen LogP contribution in [0.4, 0.5) is 0 Å². The molecule has 0 fully saturated rings. The average molecular weight is 291 g/mol. The van der Waals surface area contributed by atoms with E-state index in [0.717, 1.165) is 0 Å². The van der Waals surface area contributed by atoms with Gasteiger partial charge < -0.3 is 21.8 Å². The summed E-state index contributed by atoms with van der Waals surface area (Å²) in [6.45, 7) is 10.8. The molecular formula is C12H12NO2Y. The Kier molecular flexibility index (Phi) is 6.53. The maximum absolute atomic E-state index is 11.3. The quantitative estimate of drug-likeness (QED) is 0.492. The summed E-state index contributed by atoms with van der Waals surface area (Å²) >= 11 is 0. The second-order valence-electron chi connectivity index (χ2n) is 3.09. The van der Waals surface area contributed by atoms with Gasteiger partial charge in [0.15, 0.2) is 0 Å². The normalized spacial score (nSPS) is 16.1. The second-order valence-corrected chi connectivity index (χ2v) is 3.09. The average Bonchev–Trinajstić information content (AvgIpc) is 2.21. The molecule has 1 aliphatic rings. The van der Waals surface area contributed by atoms with Gasteiger partial charge >= 0.3 is 32.7 Å². The first-order valence-electron chi connectivity index (χ1n) is 4.48. The number of carbonyl (C=O) groups is 1. The van der Waals surface area contributed by atoms with Gasteiger partial charge in [0.25, 0.3) is 0 Å². The van der Waals surface area contributed by atoms with Crippen molar-refractivity contribution >= 4 is 12.0 Å². The number of nitrogens with zero attached hydrogens (tertiary/aromatic N) is 1. The minimum Gasteiger partial charge on any atom is -0.532 e. The van der Waals surface area contributed by atoms with Crippen LogP contribution in [0.15, 0.2) is 34.2 Å². The number of Topliss-reactive ketones (excluding diaryl/α,β-unsaturated/α-hetero) is 1. The standard InChI is InChI=1S/C12H12NO2.Y/c1-4-8(2)7-11(15)12-9(3)10(14)5-6-13-12;/h6,15H,1-5H2;/q-3;+3. The molecule has 0 aromatic carbocycles. The van der Waals surface area contributed by atoms with Gasteiger partial charge in [-0.2, -0.15) is 25.5 Å². The Morgan fingerprint density at radius 1 is 1.69 bits per heavy atom. The van der Waals surface area contributed by atoms with Crippen molar-refractivity contribution in [1.29, 1.82) is 0 Å². The monoisotopic (exact) mass is 291 g/mol. The number of aliphatic imine (C=N–C) groups is 1. The van der Waals surface area contributed by atoms with Crippen molar-refractivity contribution in [1.82, 2.24) is 0 Å². The van der Waals surface area contributed by atoms with Crippen LogP contribution >= 0.6 is 0 Å². The Labute approximate surface area is 121 Å². The largest absolute Gasteiger partial charge is 3.00 e. The fourth-order valence-electron chi connectivity index (χ4n) is 1.05. The maximum atomic E-state index is 11.3. The summed E-state index contributed by atoms with van der Waals surface area (Å²) in [4.78, 5) is 15.2. The van der Waals surface area contributed by atoms with Gasteiger partial charge in [-0.25, -0.2) is 0 Å². The number of carbonyl (C=O) groups excluding carboxylic acids is 1. The van der Waals surface area contributed by atoms with Crippen molar-refractivity contribution in [2.24, 2.45) is 4.99 Å². The summed E-state index contributed by atoms with van der Waals surface area (Å²) < 4.78 is 0. The predicted molar refractivity (Wildman–Crippen MR) is 59.0 cm³/mol. The Bertz CT molecular complexity index is 392. The minimum absolute atomic E-state index is 0. The number of hydrogen-bond donors (Lipinski definition) is 1. The number of aliphatic hydroxyl groups excluding tert-OH is 1. The van der Waals surface area contributed by atoms with Gasteiger partial charge in [0, 0.05) is 5.76 Å². The topological polar surface area (TPSA) is 49.7 Å². The van der Waals surface area contributed by atoms with Crippen molar-refractivity contribution in [2.75, 3.05) is 0 Å². The molecule has 1 heterocycles. The van der Waals surface area contributed by atoms with E-state index in [-0.39, 0.29) is 61.9 Å². The number of aliphatic hydroxyl groups is 1. The molecule has 0 saturated carbocycles. The number of allylic oxidation sites excluding steroid dienone is 3. The minimum atomic E-state index is -0.210. The van der Waals surface area contributed by atoms with Crippen LogP contribution in [0.25, 0.3) is 0 Å². The van der Waals surface area contributed by atoms with E-state index in [1.807, 2.05) is 0 Å². The Morgan fingerprint density at radius 3 is 2.88 bits per heavy atom. The van der Waals surface area contributed by atoms with Crippen LogP contribution in [0.3, 0.4) is 0 Å². The zero-order valence-electron chi connectivity index (χ0n) is 8.99. The molecule has 3 nitrogen and oxygen atoms in total. The van der Waals surface area contributed by atoms with Crippen LogP contribution < -0.4 is 0 Å². The molecule has 0 saturated heterocycles. The van der Waals surface area contributed by atoms with Gasteiger partial charge in [0.2, 0.25) is 0 Å². The van der Waals surface area contributed by atoms with Crippen molar-refractivity contribution in [2.45, 2.75) is 12.8 Å². The first-order valence-corrected chi connectivity index (χ1v) is 4.48. The van der Waals surface area contributed by atoms with Crippen molar-refractivity contribution in [3.8, 4) is 0 Å². The summed E-state index contributed by atoms with van der Waals surface area (Å²) in [5.74, 6) is -0.355. The summed E-state index contributed by atoms with van der Waals surface area (Å²) in [5.41, 5.74) is 0.918. The third-order valence-electron chi connectivity index (χ3n) is 1.94. The molecule has 4 heteroatoms. The van der Waals surface area contributed by atoms with Crippen molar-refractivity contribution in [3.63, 3.8) is 0 Å². The van der Waals surface area contributed by atoms with E-state index in [4.69, 9.17) is 0 Å². The molecule has 0 spiro atoms. The molecular weight excluding hydrogens is 279 g/mol. The third kappa shape index (κ3) is 3.73. The van der Waals surface area contributed by atoms with E-state index < -0.39 is 0 Å². The number of hydrogen-bond acceptors (Lipinski definition) is 3.